The third-order valence-electron chi connectivity index (χ3n) is 4.52. The second-order valence-electron chi connectivity index (χ2n) is 6.81. The van der Waals surface area contributed by atoms with Crippen LogP contribution in [0.1, 0.15) is 17.3 Å². The molecule has 164 valence electrons. The van der Waals surface area contributed by atoms with E-state index < -0.39 is 15.8 Å². The van der Waals surface area contributed by atoms with Gasteiger partial charge in [-0.2, -0.15) is 4.52 Å². The number of nitrogens with zero attached hydrogens (tertiary/aromatic N) is 4. The van der Waals surface area contributed by atoms with Crippen molar-refractivity contribution in [2.24, 2.45) is 0 Å². The molecule has 2 heterocycles. The molecule has 0 saturated carbocycles. The number of fused-ring (bicyclic) bond motifs is 1. The second kappa shape index (κ2) is 8.81. The van der Waals surface area contributed by atoms with Gasteiger partial charge < -0.3 is 4.74 Å². The summed E-state index contributed by atoms with van der Waals surface area (Å²) in [7, 11) is -3.81. The molecule has 4 aromatic rings. The predicted octanol–water partition coefficient (Wildman–Crippen LogP) is 2.49. The highest BCUT2D eigenvalue weighted by Crippen LogP contribution is 2.20. The normalized spacial score (nSPS) is 11.6. The van der Waals surface area contributed by atoms with E-state index in [2.05, 4.69) is 20.0 Å². The Bertz CT molecular complexity index is 1400. The number of carbonyl (C=O) groups is 1. The Kier molecular flexibility index (Phi) is 5.93. The van der Waals surface area contributed by atoms with Crippen LogP contribution in [0.5, 0.6) is 5.88 Å². The fourth-order valence-corrected chi connectivity index (χ4v) is 4.01. The number of halogens is 1. The van der Waals surface area contributed by atoms with Gasteiger partial charge in [0.05, 0.1) is 4.90 Å². The first-order valence-corrected chi connectivity index (χ1v) is 11.0. The predicted molar refractivity (Wildman–Crippen MR) is 113 cm³/mol. The zero-order chi connectivity index (χ0) is 22.7. The highest BCUT2D eigenvalue weighted by Gasteiger charge is 2.15. The molecule has 2 aromatic heterocycles. The van der Waals surface area contributed by atoms with E-state index in [0.29, 0.717) is 22.6 Å². The Hall–Kier alpha value is -3.70. The minimum atomic E-state index is -3.81. The molecule has 0 fully saturated rings. The molecule has 0 unspecified atom stereocenters. The summed E-state index contributed by atoms with van der Waals surface area (Å²) in [6, 6.07) is 14.9. The topological polar surface area (TPSA) is 116 Å². The Labute approximate surface area is 182 Å². The minimum Gasteiger partial charge on any atom is -0.475 e. The van der Waals surface area contributed by atoms with Gasteiger partial charge in [0.25, 0.3) is 0 Å². The molecule has 1 N–H and O–H groups in total. The monoisotopic (exact) mass is 455 g/mol. The van der Waals surface area contributed by atoms with Gasteiger partial charge in [0.15, 0.2) is 17.3 Å². The Morgan fingerprint density at radius 2 is 1.91 bits per heavy atom. The summed E-state index contributed by atoms with van der Waals surface area (Å²) in [4.78, 5) is 11.5. The van der Waals surface area contributed by atoms with Gasteiger partial charge in [-0.05, 0) is 37.3 Å². The number of rotatable bonds is 8. The molecule has 0 saturated heterocycles. The van der Waals surface area contributed by atoms with Crippen LogP contribution >= 0.6 is 0 Å². The lowest BCUT2D eigenvalue weighted by Gasteiger charge is -2.09. The molecule has 11 heteroatoms. The SMILES string of the molecule is CC(=O)c1cccc(S(=O)(=O)NCCOc2ccc3nnc(-c4cccc(F)c4)n3n2)c1. The molecule has 0 spiro atoms. The number of hydrogen-bond donors (Lipinski definition) is 1. The lowest BCUT2D eigenvalue weighted by molar-refractivity contribution is 0.101. The molecule has 4 rings (SSSR count). The number of Topliss-reactive ketones (excluding diaryl/α,β-unsaturated/α-hetero) is 1. The van der Waals surface area contributed by atoms with Crippen LogP contribution in [0, 0.1) is 5.82 Å². The lowest BCUT2D eigenvalue weighted by Crippen LogP contribution is -2.28. The first-order chi connectivity index (χ1) is 15.3. The fourth-order valence-electron chi connectivity index (χ4n) is 2.95. The van der Waals surface area contributed by atoms with Gasteiger partial charge in [0.1, 0.15) is 12.4 Å². The minimum absolute atomic E-state index is 0.00155. The highest BCUT2D eigenvalue weighted by atomic mass is 32.2. The summed E-state index contributed by atoms with van der Waals surface area (Å²) in [5.74, 6) is -0.0741. The summed E-state index contributed by atoms with van der Waals surface area (Å²) < 4.78 is 47.8. The largest absolute Gasteiger partial charge is 0.475 e. The Morgan fingerprint density at radius 3 is 2.69 bits per heavy atom. The lowest BCUT2D eigenvalue weighted by atomic mass is 10.2. The van der Waals surface area contributed by atoms with E-state index in [4.69, 9.17) is 4.74 Å². The van der Waals surface area contributed by atoms with Crippen molar-refractivity contribution in [1.82, 2.24) is 24.5 Å². The summed E-state index contributed by atoms with van der Waals surface area (Å²) >= 11 is 0. The van der Waals surface area contributed by atoms with Crippen molar-refractivity contribution >= 4 is 21.5 Å². The van der Waals surface area contributed by atoms with Gasteiger partial charge in [0, 0.05) is 23.7 Å². The Balaban J connectivity index is 1.43. The summed E-state index contributed by atoms with van der Waals surface area (Å²) in [5.41, 5.74) is 1.26. The molecule has 32 heavy (non-hydrogen) atoms. The third kappa shape index (κ3) is 4.63. The van der Waals surface area contributed by atoms with Crippen LogP contribution in [0.25, 0.3) is 17.0 Å². The quantitative estimate of drug-likeness (QED) is 0.321. The van der Waals surface area contributed by atoms with E-state index in [1.165, 1.54) is 41.8 Å². The van der Waals surface area contributed by atoms with E-state index in [9.17, 15) is 17.6 Å². The average Bonchev–Trinajstić information content (AvgIpc) is 3.20. The zero-order valence-corrected chi connectivity index (χ0v) is 17.7. The van der Waals surface area contributed by atoms with Crippen LogP contribution in [0.15, 0.2) is 65.6 Å². The number of benzene rings is 2. The van der Waals surface area contributed by atoms with E-state index in [1.807, 2.05) is 0 Å². The van der Waals surface area contributed by atoms with Crippen LogP contribution in [0.2, 0.25) is 0 Å². The van der Waals surface area contributed by atoms with Crippen molar-refractivity contribution in [2.75, 3.05) is 13.2 Å². The molecule has 0 radical (unpaired) electrons. The van der Waals surface area contributed by atoms with Crippen molar-refractivity contribution in [3.63, 3.8) is 0 Å². The number of ketones is 1. The average molecular weight is 455 g/mol. The van der Waals surface area contributed by atoms with Crippen LogP contribution in [-0.4, -0.2) is 47.2 Å². The van der Waals surface area contributed by atoms with Crippen molar-refractivity contribution in [1.29, 1.82) is 0 Å². The van der Waals surface area contributed by atoms with Gasteiger partial charge in [-0.15, -0.1) is 15.3 Å². The van der Waals surface area contributed by atoms with E-state index in [0.717, 1.165) is 0 Å². The summed E-state index contributed by atoms with van der Waals surface area (Å²) in [5, 5.41) is 12.3. The first kappa shape index (κ1) is 21.5. The van der Waals surface area contributed by atoms with E-state index in [-0.39, 0.29) is 29.7 Å². The number of aromatic nitrogens is 4. The number of ether oxygens (including phenoxy) is 1. The molecular formula is C21H18FN5O4S. The summed E-state index contributed by atoms with van der Waals surface area (Å²) in [6.07, 6.45) is 0. The van der Waals surface area contributed by atoms with Gasteiger partial charge in [-0.25, -0.2) is 17.5 Å². The maximum atomic E-state index is 13.5. The Morgan fingerprint density at radius 1 is 1.09 bits per heavy atom. The number of hydrogen-bond acceptors (Lipinski definition) is 7. The summed E-state index contributed by atoms with van der Waals surface area (Å²) in [6.45, 7) is 1.35. The van der Waals surface area contributed by atoms with Gasteiger partial charge in [-0.1, -0.05) is 24.3 Å². The van der Waals surface area contributed by atoms with Gasteiger partial charge in [-0.3, -0.25) is 4.79 Å². The molecule has 0 aliphatic carbocycles. The van der Waals surface area contributed by atoms with Crippen LogP contribution < -0.4 is 9.46 Å². The van der Waals surface area contributed by atoms with Crippen LogP contribution in [0.4, 0.5) is 4.39 Å². The molecule has 0 bridgehead atoms. The maximum Gasteiger partial charge on any atom is 0.240 e. The first-order valence-electron chi connectivity index (χ1n) is 9.55. The van der Waals surface area contributed by atoms with Crippen LogP contribution in [0.3, 0.4) is 0 Å². The van der Waals surface area contributed by atoms with Crippen molar-refractivity contribution in [2.45, 2.75) is 11.8 Å². The molecule has 0 amide bonds. The van der Waals surface area contributed by atoms with E-state index in [1.54, 1.807) is 30.3 Å². The molecule has 0 atom stereocenters. The molecule has 2 aromatic carbocycles. The second-order valence-corrected chi connectivity index (χ2v) is 8.57. The smallest absolute Gasteiger partial charge is 0.240 e. The number of nitrogens with one attached hydrogen (secondary N) is 1. The molecular weight excluding hydrogens is 437 g/mol. The molecule has 9 nitrogen and oxygen atoms in total. The molecule has 0 aliphatic rings. The van der Waals surface area contributed by atoms with E-state index >= 15 is 0 Å². The molecule has 0 aliphatic heterocycles. The van der Waals surface area contributed by atoms with Crippen molar-refractivity contribution in [3.8, 4) is 17.3 Å². The third-order valence-corrected chi connectivity index (χ3v) is 5.97. The highest BCUT2D eigenvalue weighted by molar-refractivity contribution is 7.89. The van der Waals surface area contributed by atoms with Gasteiger partial charge >= 0.3 is 0 Å². The van der Waals surface area contributed by atoms with Crippen molar-refractivity contribution < 1.29 is 22.3 Å². The number of carbonyl (C=O) groups excluding carboxylic acids is 1. The maximum absolute atomic E-state index is 13.5. The van der Waals surface area contributed by atoms with Gasteiger partial charge in [0.2, 0.25) is 15.9 Å². The van der Waals surface area contributed by atoms with Crippen molar-refractivity contribution in [3.05, 3.63) is 72.0 Å². The standard InChI is InChI=1S/C21H18FN5O4S/c1-14(28)15-4-3-7-18(13-15)32(29,30)23-10-11-31-20-9-8-19-24-25-21(27(19)26-20)16-5-2-6-17(22)12-16/h2-9,12-13,23H,10-11H2,1H3. The number of sulfonamides is 1. The zero-order valence-electron chi connectivity index (χ0n) is 16.9. The fraction of sp³-hybridized carbons (Fsp3) is 0.143. The van der Waals surface area contributed by atoms with Crippen LogP contribution in [-0.2, 0) is 10.0 Å².